The number of aromatic nitrogens is 1. The lowest BCUT2D eigenvalue weighted by Crippen LogP contribution is -2.04. The van der Waals surface area contributed by atoms with Crippen LogP contribution in [0, 0.1) is 10.1 Å². The van der Waals surface area contributed by atoms with E-state index in [0.29, 0.717) is 17.0 Å². The predicted octanol–water partition coefficient (Wildman–Crippen LogP) is 4.27. The van der Waals surface area contributed by atoms with Crippen molar-refractivity contribution in [3.63, 3.8) is 0 Å². The van der Waals surface area contributed by atoms with Crippen molar-refractivity contribution >= 4 is 45.4 Å². The highest BCUT2D eigenvalue weighted by molar-refractivity contribution is 7.80. The van der Waals surface area contributed by atoms with Crippen LogP contribution in [0.25, 0.3) is 10.9 Å². The molecule has 0 aliphatic rings. The zero-order valence-electron chi connectivity index (χ0n) is 13.5. The van der Waals surface area contributed by atoms with E-state index >= 15 is 0 Å². The second kappa shape index (κ2) is 7.15. The van der Waals surface area contributed by atoms with Gasteiger partial charge < -0.3 is 20.1 Å². The zero-order chi connectivity index (χ0) is 18.7. The summed E-state index contributed by atoms with van der Waals surface area (Å²) in [6.07, 6.45) is 0. The number of hydrogen-bond acceptors (Lipinski definition) is 6. The van der Waals surface area contributed by atoms with E-state index in [-0.39, 0.29) is 27.8 Å². The lowest BCUT2D eigenvalue weighted by molar-refractivity contribution is -0.384. The molecule has 3 aromatic rings. The minimum Gasteiger partial charge on any atom is -0.504 e. The molecule has 0 aliphatic heterocycles. The highest BCUT2D eigenvalue weighted by Gasteiger charge is 2.14. The van der Waals surface area contributed by atoms with Gasteiger partial charge in [-0.3, -0.25) is 10.1 Å². The molecule has 2 aromatic carbocycles. The van der Waals surface area contributed by atoms with Gasteiger partial charge in [-0.05, 0) is 42.5 Å². The number of H-pyrrole nitrogens is 1. The molecule has 9 nitrogen and oxygen atoms in total. The molecule has 1 aromatic heterocycles. The maximum atomic E-state index is 10.8. The number of anilines is 1. The van der Waals surface area contributed by atoms with Crippen molar-refractivity contribution in [1.29, 1.82) is 0 Å². The fourth-order valence-corrected chi connectivity index (χ4v) is 2.41. The summed E-state index contributed by atoms with van der Waals surface area (Å²) in [7, 11) is 1.57. The number of nitro groups is 1. The molecule has 0 amide bonds. The molecular weight excluding hydrogens is 358 g/mol. The Morgan fingerprint density at radius 3 is 2.69 bits per heavy atom. The Labute approximate surface area is 152 Å². The number of thiocarbonyl (C=S) groups is 1. The molecule has 0 unspecified atom stereocenters. The summed E-state index contributed by atoms with van der Waals surface area (Å²) in [5, 5.41) is 31.9. The van der Waals surface area contributed by atoms with E-state index in [9.17, 15) is 15.2 Å². The van der Waals surface area contributed by atoms with Gasteiger partial charge >= 0.3 is 0 Å². The third-order valence-corrected chi connectivity index (χ3v) is 3.71. The van der Waals surface area contributed by atoms with Crippen LogP contribution < -0.4 is 10.1 Å². The smallest absolute Gasteiger partial charge is 0.270 e. The number of methoxy groups -OCH3 is 1. The largest absolute Gasteiger partial charge is 0.504 e. The van der Waals surface area contributed by atoms with Crippen molar-refractivity contribution in [3.05, 3.63) is 52.6 Å². The molecule has 0 radical (unpaired) electrons. The van der Waals surface area contributed by atoms with Crippen LogP contribution >= 0.6 is 12.2 Å². The van der Waals surface area contributed by atoms with Gasteiger partial charge in [0.25, 0.3) is 5.69 Å². The Hall–Kier alpha value is -3.53. The summed E-state index contributed by atoms with van der Waals surface area (Å²) >= 11 is 5.09. The summed E-state index contributed by atoms with van der Waals surface area (Å²) in [5.74, 6) is 0.527. The average Bonchev–Trinajstić information content (AvgIpc) is 2.96. The number of nitro benzene ring substituents is 1. The number of benzene rings is 2. The number of non-ortho nitro benzene ring substituents is 1. The zero-order valence-corrected chi connectivity index (χ0v) is 14.3. The number of azo groups is 1. The topological polar surface area (TPSA) is 125 Å². The van der Waals surface area contributed by atoms with E-state index in [1.165, 1.54) is 18.2 Å². The van der Waals surface area contributed by atoms with Gasteiger partial charge in [-0.2, -0.15) is 0 Å². The number of fused-ring (bicyclic) bond motifs is 1. The number of aromatic amines is 1. The van der Waals surface area contributed by atoms with Gasteiger partial charge in [0.2, 0.25) is 5.11 Å². The molecule has 0 bridgehead atoms. The number of nitrogens with zero attached hydrogens (tertiary/aromatic N) is 3. The van der Waals surface area contributed by atoms with Crippen molar-refractivity contribution in [2.45, 2.75) is 0 Å². The minimum absolute atomic E-state index is 0.0550. The van der Waals surface area contributed by atoms with Crippen molar-refractivity contribution < 1.29 is 14.8 Å². The molecule has 3 N–H and O–H groups in total. The first kappa shape index (κ1) is 17.3. The molecule has 26 heavy (non-hydrogen) atoms. The fraction of sp³-hybridized carbons (Fsp3) is 0.0625. The Kier molecular flexibility index (Phi) is 4.76. The van der Waals surface area contributed by atoms with Crippen LogP contribution in [-0.2, 0) is 0 Å². The SMILES string of the molecule is COc1ccc(NC(=S)N=Nc2[nH]c3ccc([N+](=O)[O-])cc3c2O)cc1. The molecule has 0 atom stereocenters. The first-order chi connectivity index (χ1) is 12.5. The summed E-state index contributed by atoms with van der Waals surface area (Å²) in [5.41, 5.74) is 1.06. The molecule has 0 aliphatic carbocycles. The molecule has 10 heteroatoms. The molecule has 0 spiro atoms. The Morgan fingerprint density at radius 2 is 2.04 bits per heavy atom. The normalized spacial score (nSPS) is 11.0. The number of rotatable bonds is 4. The van der Waals surface area contributed by atoms with E-state index in [4.69, 9.17) is 17.0 Å². The maximum Gasteiger partial charge on any atom is 0.270 e. The molecule has 0 saturated heterocycles. The van der Waals surface area contributed by atoms with Gasteiger partial charge in [0, 0.05) is 17.8 Å². The quantitative estimate of drug-likeness (QED) is 0.272. The summed E-state index contributed by atoms with van der Waals surface area (Å²) < 4.78 is 5.07. The Bertz CT molecular complexity index is 1010. The molecule has 1 heterocycles. The van der Waals surface area contributed by atoms with Crippen LogP contribution in [0.4, 0.5) is 17.2 Å². The highest BCUT2D eigenvalue weighted by Crippen LogP contribution is 2.36. The van der Waals surface area contributed by atoms with E-state index < -0.39 is 4.92 Å². The van der Waals surface area contributed by atoms with E-state index in [2.05, 4.69) is 20.5 Å². The van der Waals surface area contributed by atoms with Crippen LogP contribution in [0.2, 0.25) is 0 Å². The third-order valence-electron chi connectivity index (χ3n) is 3.53. The standard InChI is InChI=1S/C16H13N5O4S/c1-25-11-5-2-9(3-6-11)17-16(26)20-19-15-14(22)12-8-10(21(23)24)4-7-13(12)18-15/h2-8,18,22H,1H3,(H,17,26). The lowest BCUT2D eigenvalue weighted by atomic mass is 10.2. The van der Waals surface area contributed by atoms with Crippen LogP contribution in [0.15, 0.2) is 52.7 Å². The number of ether oxygens (including phenoxy) is 1. The molecule has 132 valence electrons. The summed E-state index contributed by atoms with van der Waals surface area (Å²) in [4.78, 5) is 13.1. The second-order valence-electron chi connectivity index (χ2n) is 5.17. The van der Waals surface area contributed by atoms with E-state index in [1.807, 2.05) is 0 Å². The summed E-state index contributed by atoms with van der Waals surface area (Å²) in [6, 6.07) is 11.1. The van der Waals surface area contributed by atoms with Crippen LogP contribution in [0.1, 0.15) is 0 Å². The average molecular weight is 371 g/mol. The summed E-state index contributed by atoms with van der Waals surface area (Å²) in [6.45, 7) is 0. The molecule has 0 fully saturated rings. The predicted molar refractivity (Wildman–Crippen MR) is 100 cm³/mol. The number of nitrogens with one attached hydrogen (secondary N) is 2. The minimum atomic E-state index is -0.541. The fourth-order valence-electron chi connectivity index (χ4n) is 2.26. The van der Waals surface area contributed by atoms with Crippen molar-refractivity contribution in [2.75, 3.05) is 12.4 Å². The van der Waals surface area contributed by atoms with E-state index in [1.54, 1.807) is 31.4 Å². The van der Waals surface area contributed by atoms with Crippen LogP contribution in [0.5, 0.6) is 11.5 Å². The van der Waals surface area contributed by atoms with Gasteiger partial charge in [-0.1, -0.05) is 0 Å². The Morgan fingerprint density at radius 1 is 1.31 bits per heavy atom. The van der Waals surface area contributed by atoms with Gasteiger partial charge in [0.1, 0.15) is 5.75 Å². The van der Waals surface area contributed by atoms with Gasteiger partial charge in [0.15, 0.2) is 11.6 Å². The van der Waals surface area contributed by atoms with Crippen molar-refractivity contribution in [2.24, 2.45) is 10.2 Å². The first-order valence-electron chi connectivity index (χ1n) is 7.34. The third kappa shape index (κ3) is 3.59. The Balaban J connectivity index is 1.77. The van der Waals surface area contributed by atoms with Gasteiger partial charge in [0.05, 0.1) is 22.9 Å². The highest BCUT2D eigenvalue weighted by atomic mass is 32.1. The van der Waals surface area contributed by atoms with Crippen molar-refractivity contribution in [1.82, 2.24) is 4.98 Å². The van der Waals surface area contributed by atoms with Gasteiger partial charge in [-0.25, -0.2) is 0 Å². The first-order valence-corrected chi connectivity index (χ1v) is 7.74. The molecule has 0 saturated carbocycles. The second-order valence-corrected chi connectivity index (χ2v) is 5.55. The lowest BCUT2D eigenvalue weighted by Gasteiger charge is -2.04. The van der Waals surface area contributed by atoms with Crippen molar-refractivity contribution in [3.8, 4) is 11.5 Å². The maximum absolute atomic E-state index is 10.8. The number of hydrogen-bond donors (Lipinski definition) is 3. The van der Waals surface area contributed by atoms with E-state index in [0.717, 1.165) is 0 Å². The van der Waals surface area contributed by atoms with Crippen LogP contribution in [0.3, 0.4) is 0 Å². The monoisotopic (exact) mass is 371 g/mol. The molecular formula is C16H13N5O4S. The number of aromatic hydroxyl groups is 1. The van der Waals surface area contributed by atoms with Crippen LogP contribution in [-0.4, -0.2) is 27.2 Å². The van der Waals surface area contributed by atoms with Gasteiger partial charge in [-0.15, -0.1) is 10.2 Å². The molecule has 3 rings (SSSR count).